The van der Waals surface area contributed by atoms with Crippen molar-refractivity contribution in [3.05, 3.63) is 121 Å². The maximum Gasteiger partial charge on any atom is 0.335 e. The van der Waals surface area contributed by atoms with Crippen molar-refractivity contribution in [1.29, 1.82) is 0 Å². The first kappa shape index (κ1) is 20.0. The Bertz CT molecular complexity index is 1520. The van der Waals surface area contributed by atoms with Crippen LogP contribution in [-0.2, 0) is 0 Å². The molecule has 2 heterocycles. The number of halogens is 1. The minimum atomic E-state index is -0.722. The van der Waals surface area contributed by atoms with Crippen LogP contribution in [-0.4, -0.2) is 20.4 Å². The lowest BCUT2D eigenvalue weighted by Crippen LogP contribution is -2.30. The normalized spacial score (nSPS) is 13.8. The van der Waals surface area contributed by atoms with Gasteiger partial charge in [0.05, 0.1) is 17.1 Å². The van der Waals surface area contributed by atoms with Crippen LogP contribution in [0.1, 0.15) is 16.7 Å². The van der Waals surface area contributed by atoms with Gasteiger partial charge in [0, 0.05) is 21.2 Å². The summed E-state index contributed by atoms with van der Waals surface area (Å²) < 4.78 is 1.90. The second-order valence-corrected chi connectivity index (χ2v) is 8.13. The van der Waals surface area contributed by atoms with Gasteiger partial charge in [-0.05, 0) is 36.4 Å². The number of nitrogens with one attached hydrogen (secondary N) is 1. The number of nitrogens with zero attached hydrogens (tertiary/aromatic N) is 2. The van der Waals surface area contributed by atoms with Crippen LogP contribution in [0, 0.1) is 0 Å². The minimum absolute atomic E-state index is 0.0251. The number of hydrogen-bond acceptors (Lipinski definition) is 4. The summed E-state index contributed by atoms with van der Waals surface area (Å²) in [7, 11) is 0. The molecule has 0 amide bonds. The first-order chi connectivity index (χ1) is 15.5. The second-order valence-electron chi connectivity index (χ2n) is 7.21. The maximum atomic E-state index is 12.7. The lowest BCUT2D eigenvalue weighted by molar-refractivity contribution is 0.429. The zero-order valence-electron chi connectivity index (χ0n) is 16.6. The zero-order chi connectivity index (χ0) is 22.2. The third kappa shape index (κ3) is 3.42. The lowest BCUT2D eigenvalue weighted by atomic mass is 9.96. The highest BCUT2D eigenvalue weighted by Crippen LogP contribution is 2.38. The molecule has 0 atom stereocenters. The van der Waals surface area contributed by atoms with Gasteiger partial charge >= 0.3 is 5.69 Å². The van der Waals surface area contributed by atoms with Crippen LogP contribution in [0.4, 0.5) is 5.69 Å². The summed E-state index contributed by atoms with van der Waals surface area (Å²) in [6.45, 7) is 0. The van der Waals surface area contributed by atoms with Gasteiger partial charge in [0.25, 0.3) is 5.56 Å². The Balaban J connectivity index is 1.74. The molecule has 0 aliphatic carbocycles. The van der Waals surface area contributed by atoms with Gasteiger partial charge in [0.2, 0.25) is 5.88 Å². The summed E-state index contributed by atoms with van der Waals surface area (Å²) >= 11 is 3.35. The average Bonchev–Trinajstić information content (AvgIpc) is 3.17. The van der Waals surface area contributed by atoms with Crippen LogP contribution in [0.5, 0.6) is 5.88 Å². The summed E-state index contributed by atoms with van der Waals surface area (Å²) in [6.07, 6.45) is 1.58. The zero-order valence-corrected chi connectivity index (χ0v) is 18.2. The van der Waals surface area contributed by atoms with E-state index in [0.29, 0.717) is 17.0 Å². The van der Waals surface area contributed by atoms with Crippen LogP contribution in [0.2, 0.25) is 0 Å². The molecule has 0 saturated carbocycles. The van der Waals surface area contributed by atoms with Gasteiger partial charge in [-0.25, -0.2) is 14.4 Å². The molecule has 0 radical (unpaired) electrons. The Kier molecular flexibility index (Phi) is 4.95. The van der Waals surface area contributed by atoms with E-state index in [1.54, 1.807) is 30.3 Å². The van der Waals surface area contributed by atoms with Gasteiger partial charge in [-0.3, -0.25) is 9.78 Å². The van der Waals surface area contributed by atoms with Gasteiger partial charge in [-0.15, -0.1) is 0 Å². The molecular weight excluding hydrogens is 470 g/mol. The molecule has 0 bridgehead atoms. The smallest absolute Gasteiger partial charge is 0.335 e. The van der Waals surface area contributed by atoms with E-state index in [4.69, 9.17) is 4.99 Å². The van der Waals surface area contributed by atoms with E-state index in [0.717, 1.165) is 25.9 Å². The number of allylic oxidation sites excluding steroid dienone is 1. The summed E-state index contributed by atoms with van der Waals surface area (Å²) in [5, 5.41) is 11.0. The molecule has 156 valence electrons. The fourth-order valence-electron chi connectivity index (χ4n) is 3.71. The fourth-order valence-corrected chi connectivity index (χ4v) is 3.98. The third-order valence-electron chi connectivity index (χ3n) is 5.22. The molecule has 0 unspecified atom stereocenters. The number of H-pyrrole nitrogens is 1. The number of fused-ring (bicyclic) bond motifs is 1. The van der Waals surface area contributed by atoms with E-state index in [1.807, 2.05) is 54.6 Å². The number of aromatic amines is 1. The molecule has 0 spiro atoms. The SMILES string of the molecule is O=c1[nH]c(=O)n(-c2ccc(Br)cc2)c(O)c1/C=C1\C(c2ccccc2)=Nc2ccccc21. The Morgan fingerprint density at radius 1 is 0.906 bits per heavy atom. The first-order valence-corrected chi connectivity index (χ1v) is 10.6. The average molecular weight is 486 g/mol. The number of para-hydroxylation sites is 1. The number of aromatic nitrogens is 2. The highest BCUT2D eigenvalue weighted by molar-refractivity contribution is 9.10. The standard InChI is InChI=1S/C25H16BrN3O3/c26-16-10-12-17(13-11-16)29-24(31)20(23(30)28-25(29)32)14-19-18-8-4-5-9-21(18)27-22(19)15-6-2-1-3-7-15/h1-14,31H,(H,28,30,32)/b19-14-. The van der Waals surface area contributed by atoms with E-state index in [-0.39, 0.29) is 5.56 Å². The summed E-state index contributed by atoms with van der Waals surface area (Å²) in [4.78, 5) is 32.3. The number of hydrogen-bond donors (Lipinski definition) is 2. The van der Waals surface area contributed by atoms with Crippen molar-refractivity contribution in [3.8, 4) is 11.6 Å². The molecule has 4 aromatic rings. The molecule has 2 N–H and O–H groups in total. The van der Waals surface area contributed by atoms with Crippen molar-refractivity contribution in [2.24, 2.45) is 4.99 Å². The van der Waals surface area contributed by atoms with Crippen LogP contribution in [0.3, 0.4) is 0 Å². The minimum Gasteiger partial charge on any atom is -0.494 e. The molecule has 0 fully saturated rings. The first-order valence-electron chi connectivity index (χ1n) is 9.83. The molecule has 1 aliphatic rings. The van der Waals surface area contributed by atoms with E-state index in [1.165, 1.54) is 0 Å². The van der Waals surface area contributed by atoms with Crippen molar-refractivity contribution in [3.63, 3.8) is 0 Å². The molecule has 1 aliphatic heterocycles. The molecule has 5 rings (SSSR count). The van der Waals surface area contributed by atoms with Gasteiger partial charge in [-0.1, -0.05) is 64.5 Å². The Labute approximate surface area is 191 Å². The van der Waals surface area contributed by atoms with Crippen molar-refractivity contribution < 1.29 is 5.11 Å². The Morgan fingerprint density at radius 2 is 1.59 bits per heavy atom. The van der Waals surface area contributed by atoms with Gasteiger partial charge in [-0.2, -0.15) is 0 Å². The summed E-state index contributed by atoms with van der Waals surface area (Å²) in [5.74, 6) is -0.439. The van der Waals surface area contributed by atoms with E-state index in [2.05, 4.69) is 20.9 Å². The molecule has 32 heavy (non-hydrogen) atoms. The molecule has 3 aromatic carbocycles. The van der Waals surface area contributed by atoms with E-state index in [9.17, 15) is 14.7 Å². The highest BCUT2D eigenvalue weighted by Gasteiger charge is 2.24. The van der Waals surface area contributed by atoms with Gasteiger partial charge in [0.15, 0.2) is 0 Å². The third-order valence-corrected chi connectivity index (χ3v) is 5.75. The Morgan fingerprint density at radius 3 is 2.34 bits per heavy atom. The molecule has 0 saturated heterocycles. The van der Waals surface area contributed by atoms with Gasteiger partial charge in [0.1, 0.15) is 5.56 Å². The molecule has 7 heteroatoms. The summed E-state index contributed by atoms with van der Waals surface area (Å²) in [5.41, 5.74) is 2.87. The van der Waals surface area contributed by atoms with Crippen LogP contribution in [0.25, 0.3) is 17.3 Å². The number of rotatable bonds is 3. The topological polar surface area (TPSA) is 87.5 Å². The van der Waals surface area contributed by atoms with Crippen molar-refractivity contribution in [1.82, 2.24) is 9.55 Å². The fraction of sp³-hybridized carbons (Fsp3) is 0. The number of aliphatic imine (C=N–C) groups is 1. The maximum absolute atomic E-state index is 12.7. The summed E-state index contributed by atoms with van der Waals surface area (Å²) in [6, 6.07) is 24.0. The predicted octanol–water partition coefficient (Wildman–Crippen LogP) is 4.67. The van der Waals surface area contributed by atoms with Crippen LogP contribution in [0.15, 0.2) is 97.9 Å². The van der Waals surface area contributed by atoms with Crippen molar-refractivity contribution in [2.45, 2.75) is 0 Å². The molecular formula is C25H16BrN3O3. The Hall–Kier alpha value is -3.97. The van der Waals surface area contributed by atoms with E-state index >= 15 is 0 Å². The van der Waals surface area contributed by atoms with Crippen molar-refractivity contribution in [2.75, 3.05) is 0 Å². The monoisotopic (exact) mass is 485 g/mol. The quantitative estimate of drug-likeness (QED) is 0.441. The lowest BCUT2D eigenvalue weighted by Gasteiger charge is -2.11. The highest BCUT2D eigenvalue weighted by atomic mass is 79.9. The molecule has 6 nitrogen and oxygen atoms in total. The predicted molar refractivity (Wildman–Crippen MR) is 129 cm³/mol. The van der Waals surface area contributed by atoms with E-state index < -0.39 is 17.1 Å². The largest absolute Gasteiger partial charge is 0.494 e. The van der Waals surface area contributed by atoms with Crippen LogP contribution >= 0.6 is 15.9 Å². The second kappa shape index (κ2) is 7.94. The molecule has 1 aromatic heterocycles. The number of aromatic hydroxyl groups is 1. The van der Waals surface area contributed by atoms with Crippen LogP contribution < -0.4 is 11.2 Å². The van der Waals surface area contributed by atoms with Crippen molar-refractivity contribution >= 4 is 39.0 Å². The number of benzene rings is 3. The van der Waals surface area contributed by atoms with Gasteiger partial charge < -0.3 is 5.11 Å².